The number of hydrogen-bond acceptors (Lipinski definition) is 1. The Bertz CT molecular complexity index is 189. The van der Waals surface area contributed by atoms with E-state index in [1.54, 1.807) is 0 Å². The summed E-state index contributed by atoms with van der Waals surface area (Å²) in [6, 6.07) is 0. The third-order valence-electron chi connectivity index (χ3n) is 3.84. The van der Waals surface area contributed by atoms with Gasteiger partial charge in [-0.2, -0.15) is 0 Å². The maximum atomic E-state index is 2.50. The fourth-order valence-corrected chi connectivity index (χ4v) is 3.36. The Morgan fingerprint density at radius 1 is 1.09 bits per heavy atom. The largest absolute Gasteiger partial charge is 0.306 e. The topological polar surface area (TPSA) is 3.24 Å². The molecule has 60 valence electrons. The Labute approximate surface area is 68.1 Å². The molecule has 2 bridgehead atoms. The third-order valence-corrected chi connectivity index (χ3v) is 3.84. The Kier molecular flexibility index (Phi) is 1.07. The van der Waals surface area contributed by atoms with Gasteiger partial charge in [0.05, 0.1) is 0 Å². The molecule has 3 aliphatic rings. The SMILES string of the molecule is CN1CC2C3C=CC(C3)C2C1. The van der Waals surface area contributed by atoms with Crippen molar-refractivity contribution in [2.75, 3.05) is 20.1 Å². The van der Waals surface area contributed by atoms with Gasteiger partial charge in [-0.25, -0.2) is 0 Å². The molecule has 1 saturated heterocycles. The van der Waals surface area contributed by atoms with Gasteiger partial charge in [0.25, 0.3) is 0 Å². The monoisotopic (exact) mass is 149 g/mol. The molecular formula is C10H15N. The number of likely N-dealkylation sites (tertiary alicyclic amines) is 1. The molecule has 2 aliphatic carbocycles. The maximum Gasteiger partial charge on any atom is 0.00157 e. The highest BCUT2D eigenvalue weighted by atomic mass is 15.1. The molecule has 0 aromatic rings. The average molecular weight is 149 g/mol. The Morgan fingerprint density at radius 2 is 1.64 bits per heavy atom. The van der Waals surface area contributed by atoms with Crippen LogP contribution in [0.1, 0.15) is 6.42 Å². The quantitative estimate of drug-likeness (QED) is 0.470. The van der Waals surface area contributed by atoms with Crippen LogP contribution in [-0.2, 0) is 0 Å². The first-order valence-corrected chi connectivity index (χ1v) is 4.71. The summed E-state index contributed by atoms with van der Waals surface area (Å²) >= 11 is 0. The molecule has 1 heteroatoms. The first kappa shape index (κ1) is 6.24. The van der Waals surface area contributed by atoms with Crippen molar-refractivity contribution in [2.24, 2.45) is 23.7 Å². The zero-order valence-electron chi connectivity index (χ0n) is 7.03. The van der Waals surface area contributed by atoms with E-state index in [0.717, 1.165) is 23.7 Å². The van der Waals surface area contributed by atoms with Crippen molar-refractivity contribution in [3.05, 3.63) is 12.2 Å². The highest BCUT2D eigenvalue weighted by Crippen LogP contribution is 2.50. The van der Waals surface area contributed by atoms with E-state index in [2.05, 4.69) is 24.1 Å². The first-order valence-electron chi connectivity index (χ1n) is 4.71. The molecule has 0 radical (unpaired) electrons. The second-order valence-electron chi connectivity index (χ2n) is 4.50. The van der Waals surface area contributed by atoms with Crippen LogP contribution in [-0.4, -0.2) is 25.0 Å². The first-order chi connectivity index (χ1) is 5.34. The van der Waals surface area contributed by atoms with Crippen LogP contribution in [0.25, 0.3) is 0 Å². The van der Waals surface area contributed by atoms with Crippen molar-refractivity contribution in [3.8, 4) is 0 Å². The van der Waals surface area contributed by atoms with Crippen LogP contribution >= 0.6 is 0 Å². The number of nitrogens with zero attached hydrogens (tertiary/aromatic N) is 1. The summed E-state index contributed by atoms with van der Waals surface area (Å²) in [5, 5.41) is 0. The van der Waals surface area contributed by atoms with Crippen molar-refractivity contribution in [2.45, 2.75) is 6.42 Å². The Morgan fingerprint density at radius 3 is 2.18 bits per heavy atom. The molecule has 0 spiro atoms. The van der Waals surface area contributed by atoms with Gasteiger partial charge >= 0.3 is 0 Å². The van der Waals surface area contributed by atoms with E-state index in [0.29, 0.717) is 0 Å². The average Bonchev–Trinajstić information content (AvgIpc) is 2.53. The zero-order chi connectivity index (χ0) is 7.42. The maximum absolute atomic E-state index is 2.50. The summed E-state index contributed by atoms with van der Waals surface area (Å²) < 4.78 is 0. The molecule has 4 atom stereocenters. The van der Waals surface area contributed by atoms with Crippen LogP contribution < -0.4 is 0 Å². The molecular weight excluding hydrogens is 134 g/mol. The summed E-state index contributed by atoms with van der Waals surface area (Å²) in [5.41, 5.74) is 0. The molecule has 0 aromatic heterocycles. The minimum Gasteiger partial charge on any atom is -0.306 e. The highest BCUT2D eigenvalue weighted by Gasteiger charge is 2.48. The molecule has 0 aromatic carbocycles. The lowest BCUT2D eigenvalue weighted by molar-refractivity contribution is 0.359. The minimum atomic E-state index is 0.954. The number of allylic oxidation sites excluding steroid dienone is 2. The van der Waals surface area contributed by atoms with Gasteiger partial charge in [-0.15, -0.1) is 0 Å². The van der Waals surface area contributed by atoms with E-state index >= 15 is 0 Å². The van der Waals surface area contributed by atoms with E-state index in [4.69, 9.17) is 0 Å². The molecule has 0 N–H and O–H groups in total. The number of fused-ring (bicyclic) bond motifs is 5. The number of hydrogen-bond donors (Lipinski definition) is 0. The highest BCUT2D eigenvalue weighted by molar-refractivity contribution is 5.16. The van der Waals surface area contributed by atoms with Crippen LogP contribution in [0.15, 0.2) is 12.2 Å². The standard InChI is InChI=1S/C10H15N/c1-11-5-9-7-2-3-8(4-7)10(9)6-11/h2-3,7-10H,4-6H2,1H3. The van der Waals surface area contributed by atoms with Gasteiger partial charge < -0.3 is 4.90 Å². The van der Waals surface area contributed by atoms with Gasteiger partial charge in [0, 0.05) is 13.1 Å². The van der Waals surface area contributed by atoms with Gasteiger partial charge in [0.1, 0.15) is 0 Å². The van der Waals surface area contributed by atoms with Crippen LogP contribution in [0.2, 0.25) is 0 Å². The van der Waals surface area contributed by atoms with Gasteiger partial charge in [-0.1, -0.05) is 12.2 Å². The fourth-order valence-electron chi connectivity index (χ4n) is 3.36. The van der Waals surface area contributed by atoms with Crippen molar-refractivity contribution < 1.29 is 0 Å². The lowest BCUT2D eigenvalue weighted by Gasteiger charge is -2.17. The van der Waals surface area contributed by atoms with E-state index < -0.39 is 0 Å². The lowest BCUT2D eigenvalue weighted by Crippen LogP contribution is -2.17. The molecule has 11 heavy (non-hydrogen) atoms. The summed E-state index contributed by atoms with van der Waals surface area (Å²) in [6.07, 6.45) is 6.40. The molecule has 3 rings (SSSR count). The van der Waals surface area contributed by atoms with Gasteiger partial charge in [0.15, 0.2) is 0 Å². The molecule has 2 fully saturated rings. The van der Waals surface area contributed by atoms with Gasteiger partial charge in [-0.05, 0) is 37.1 Å². The van der Waals surface area contributed by atoms with Crippen molar-refractivity contribution in [3.63, 3.8) is 0 Å². The molecule has 4 unspecified atom stereocenters. The predicted molar refractivity (Wildman–Crippen MR) is 45.2 cm³/mol. The molecule has 1 aliphatic heterocycles. The second-order valence-corrected chi connectivity index (χ2v) is 4.50. The molecule has 1 heterocycles. The smallest absolute Gasteiger partial charge is 0.00157 e. The van der Waals surface area contributed by atoms with Crippen molar-refractivity contribution in [1.82, 2.24) is 4.90 Å². The second kappa shape index (κ2) is 1.89. The van der Waals surface area contributed by atoms with Crippen LogP contribution in [0.4, 0.5) is 0 Å². The van der Waals surface area contributed by atoms with Crippen LogP contribution in [0, 0.1) is 23.7 Å². The van der Waals surface area contributed by atoms with Crippen LogP contribution in [0.3, 0.4) is 0 Å². The zero-order valence-corrected chi connectivity index (χ0v) is 7.03. The van der Waals surface area contributed by atoms with Crippen molar-refractivity contribution >= 4 is 0 Å². The van der Waals surface area contributed by atoms with Crippen molar-refractivity contribution in [1.29, 1.82) is 0 Å². The lowest BCUT2D eigenvalue weighted by atomic mass is 9.86. The summed E-state index contributed by atoms with van der Waals surface area (Å²) in [4.78, 5) is 2.50. The third kappa shape index (κ3) is 0.698. The van der Waals surface area contributed by atoms with E-state index in [1.165, 1.54) is 19.5 Å². The number of rotatable bonds is 0. The van der Waals surface area contributed by atoms with Gasteiger partial charge in [0.2, 0.25) is 0 Å². The normalized spacial score (nSPS) is 53.9. The summed E-state index contributed by atoms with van der Waals surface area (Å²) in [7, 11) is 2.26. The summed E-state index contributed by atoms with van der Waals surface area (Å²) in [5.74, 6) is 3.95. The Hall–Kier alpha value is -0.300. The fraction of sp³-hybridized carbons (Fsp3) is 0.800. The van der Waals surface area contributed by atoms with Gasteiger partial charge in [-0.3, -0.25) is 0 Å². The molecule has 1 nitrogen and oxygen atoms in total. The van der Waals surface area contributed by atoms with Crippen LogP contribution in [0.5, 0.6) is 0 Å². The van der Waals surface area contributed by atoms with E-state index in [1.807, 2.05) is 0 Å². The molecule has 0 amide bonds. The minimum absolute atomic E-state index is 0.954. The summed E-state index contributed by atoms with van der Waals surface area (Å²) in [6.45, 7) is 2.71. The van der Waals surface area contributed by atoms with E-state index in [-0.39, 0.29) is 0 Å². The Balaban J connectivity index is 1.92. The molecule has 1 saturated carbocycles. The predicted octanol–water partition coefficient (Wildman–Crippen LogP) is 1.37. The van der Waals surface area contributed by atoms with E-state index in [9.17, 15) is 0 Å².